The van der Waals surface area contributed by atoms with E-state index in [1.54, 1.807) is 0 Å². The number of esters is 1. The molecule has 0 spiro atoms. The van der Waals surface area contributed by atoms with Crippen molar-refractivity contribution >= 4 is 27.6 Å². The molecule has 1 aromatic rings. The van der Waals surface area contributed by atoms with E-state index in [0.717, 1.165) is 12.1 Å². The fourth-order valence-electron chi connectivity index (χ4n) is 3.50. The Kier molecular flexibility index (Phi) is 5.31. The topological polar surface area (TPSA) is 96.5 Å². The number of carbonyl (C=O) groups excluding carboxylic acids is 1. The Labute approximate surface area is 150 Å². The number of hydrogen-bond donors (Lipinski definition) is 3. The number of sulfonamides is 1. The van der Waals surface area contributed by atoms with Gasteiger partial charge in [0.15, 0.2) is 0 Å². The molecule has 0 bridgehead atoms. The van der Waals surface area contributed by atoms with E-state index in [1.807, 2.05) is 0 Å². The molecule has 1 aliphatic heterocycles. The van der Waals surface area contributed by atoms with Crippen LogP contribution >= 0.6 is 11.6 Å². The molecular weight excluding hydrogens is 373 g/mol. The number of halogens is 2. The Morgan fingerprint density at radius 2 is 2.12 bits per heavy atom. The molecule has 4 unspecified atom stereocenters. The smallest absolute Gasteiger partial charge is 0.324 e. The van der Waals surface area contributed by atoms with E-state index in [1.165, 1.54) is 13.2 Å². The van der Waals surface area contributed by atoms with E-state index in [4.69, 9.17) is 16.3 Å². The van der Waals surface area contributed by atoms with Gasteiger partial charge in [0.2, 0.25) is 10.0 Å². The number of hydrazine groups is 1. The maximum Gasteiger partial charge on any atom is 0.324 e. The van der Waals surface area contributed by atoms with Crippen LogP contribution in [0.1, 0.15) is 19.3 Å². The van der Waals surface area contributed by atoms with Gasteiger partial charge in [-0.3, -0.25) is 10.2 Å². The van der Waals surface area contributed by atoms with Gasteiger partial charge >= 0.3 is 5.97 Å². The van der Waals surface area contributed by atoms with Gasteiger partial charge in [-0.05, 0) is 37.5 Å². The molecule has 1 aromatic carbocycles. The molecule has 0 aromatic heterocycles. The number of benzene rings is 1. The van der Waals surface area contributed by atoms with Crippen LogP contribution in [0, 0.1) is 11.7 Å². The third-order valence-corrected chi connectivity index (χ3v) is 6.50. The molecule has 1 saturated carbocycles. The number of ether oxygens (including phenoxy) is 1. The Bertz CT molecular complexity index is 776. The molecule has 3 rings (SSSR count). The highest BCUT2D eigenvalue weighted by atomic mass is 35.5. The SMILES string of the molecule is COC(=O)C1NNC2CCC(NS(=O)(=O)c3ccc(Cl)cc3F)CC21. The second-order valence-corrected chi connectivity index (χ2v) is 8.38. The van der Waals surface area contributed by atoms with Crippen LogP contribution in [0.2, 0.25) is 5.02 Å². The molecule has 1 aliphatic carbocycles. The Balaban J connectivity index is 1.74. The lowest BCUT2D eigenvalue weighted by molar-refractivity contribution is -0.144. The minimum atomic E-state index is -4.02. The minimum Gasteiger partial charge on any atom is -0.468 e. The standard InChI is InChI=1S/C15H19ClFN3O4S/c1-24-15(21)14-10-7-9(3-4-12(10)18-19-14)20-25(22,23)13-5-2-8(16)6-11(13)17/h2,5-6,9-10,12,14,18-20H,3-4,7H2,1H3. The van der Waals surface area contributed by atoms with Crippen LogP contribution in [0.4, 0.5) is 4.39 Å². The first-order valence-electron chi connectivity index (χ1n) is 7.88. The van der Waals surface area contributed by atoms with E-state index in [-0.39, 0.29) is 17.0 Å². The molecule has 2 aliphatic rings. The van der Waals surface area contributed by atoms with Crippen molar-refractivity contribution in [1.82, 2.24) is 15.6 Å². The molecule has 0 radical (unpaired) electrons. The van der Waals surface area contributed by atoms with E-state index in [2.05, 4.69) is 15.6 Å². The van der Waals surface area contributed by atoms with Crippen molar-refractivity contribution in [2.75, 3.05) is 7.11 Å². The number of rotatable bonds is 4. The van der Waals surface area contributed by atoms with E-state index in [9.17, 15) is 17.6 Å². The van der Waals surface area contributed by atoms with Gasteiger partial charge < -0.3 is 4.74 Å². The molecule has 0 amide bonds. The first kappa shape index (κ1) is 18.5. The summed E-state index contributed by atoms with van der Waals surface area (Å²) in [6.45, 7) is 0. The largest absolute Gasteiger partial charge is 0.468 e. The Morgan fingerprint density at radius 3 is 2.80 bits per heavy atom. The van der Waals surface area contributed by atoms with Crippen LogP contribution in [0.15, 0.2) is 23.1 Å². The van der Waals surface area contributed by atoms with Gasteiger partial charge in [-0.2, -0.15) is 0 Å². The lowest BCUT2D eigenvalue weighted by Crippen LogP contribution is -2.46. The zero-order valence-electron chi connectivity index (χ0n) is 13.5. The van der Waals surface area contributed by atoms with Crippen LogP contribution in [0.25, 0.3) is 0 Å². The predicted molar refractivity (Wildman–Crippen MR) is 88.7 cm³/mol. The molecule has 10 heteroatoms. The van der Waals surface area contributed by atoms with E-state index in [0.29, 0.717) is 19.3 Å². The number of fused-ring (bicyclic) bond motifs is 1. The van der Waals surface area contributed by atoms with Crippen molar-refractivity contribution in [2.45, 2.75) is 42.3 Å². The van der Waals surface area contributed by atoms with Gasteiger partial charge in [0.25, 0.3) is 0 Å². The lowest BCUT2D eigenvalue weighted by atomic mass is 9.79. The summed E-state index contributed by atoms with van der Waals surface area (Å²) in [5.74, 6) is -1.40. The molecule has 3 N–H and O–H groups in total. The van der Waals surface area contributed by atoms with Crippen molar-refractivity contribution in [3.63, 3.8) is 0 Å². The first-order chi connectivity index (χ1) is 11.8. The fourth-order valence-corrected chi connectivity index (χ4v) is 5.00. The number of methoxy groups -OCH3 is 1. The lowest BCUT2D eigenvalue weighted by Gasteiger charge is -2.32. The van der Waals surface area contributed by atoms with Crippen molar-refractivity contribution in [1.29, 1.82) is 0 Å². The normalized spacial score (nSPS) is 29.2. The average Bonchev–Trinajstić information content (AvgIpc) is 2.96. The first-order valence-corrected chi connectivity index (χ1v) is 9.74. The molecule has 4 atom stereocenters. The van der Waals surface area contributed by atoms with Crippen LogP contribution < -0.4 is 15.6 Å². The fraction of sp³-hybridized carbons (Fsp3) is 0.533. The quantitative estimate of drug-likeness (QED) is 0.661. The van der Waals surface area contributed by atoms with Crippen molar-refractivity contribution in [3.05, 3.63) is 29.0 Å². The minimum absolute atomic E-state index is 0.0668. The van der Waals surface area contributed by atoms with Crippen molar-refractivity contribution in [3.8, 4) is 0 Å². The number of carbonyl (C=O) groups is 1. The number of hydrogen-bond acceptors (Lipinski definition) is 6. The maximum atomic E-state index is 13.9. The molecule has 25 heavy (non-hydrogen) atoms. The van der Waals surface area contributed by atoms with Crippen LogP contribution in [0.5, 0.6) is 0 Å². The van der Waals surface area contributed by atoms with Gasteiger partial charge in [-0.25, -0.2) is 23.0 Å². The molecule has 2 fully saturated rings. The molecule has 138 valence electrons. The number of nitrogens with one attached hydrogen (secondary N) is 3. The monoisotopic (exact) mass is 391 g/mol. The maximum absolute atomic E-state index is 13.9. The second-order valence-electron chi connectivity index (χ2n) is 6.27. The van der Waals surface area contributed by atoms with E-state index >= 15 is 0 Å². The molecule has 1 saturated heterocycles. The summed E-state index contributed by atoms with van der Waals surface area (Å²) in [4.78, 5) is 11.4. The zero-order chi connectivity index (χ0) is 18.2. The summed E-state index contributed by atoms with van der Waals surface area (Å²) in [6.07, 6.45) is 1.71. The summed E-state index contributed by atoms with van der Waals surface area (Å²) in [7, 11) is -2.71. The Morgan fingerprint density at radius 1 is 1.36 bits per heavy atom. The second kappa shape index (κ2) is 7.16. The van der Waals surface area contributed by atoms with Gasteiger partial charge in [0, 0.05) is 23.0 Å². The summed E-state index contributed by atoms with van der Waals surface area (Å²) in [5.41, 5.74) is 5.95. The summed E-state index contributed by atoms with van der Waals surface area (Å²) >= 11 is 5.67. The van der Waals surface area contributed by atoms with Crippen LogP contribution in [0.3, 0.4) is 0 Å². The molecule has 1 heterocycles. The highest BCUT2D eigenvalue weighted by molar-refractivity contribution is 7.89. The summed E-state index contributed by atoms with van der Waals surface area (Å²) < 4.78 is 46.2. The Hall–Kier alpha value is -1.26. The van der Waals surface area contributed by atoms with Crippen LogP contribution in [-0.2, 0) is 19.6 Å². The molecular formula is C15H19ClFN3O4S. The third-order valence-electron chi connectivity index (χ3n) is 4.71. The van der Waals surface area contributed by atoms with E-state index < -0.39 is 38.8 Å². The van der Waals surface area contributed by atoms with Crippen molar-refractivity contribution in [2.24, 2.45) is 5.92 Å². The van der Waals surface area contributed by atoms with Gasteiger partial charge in [0.05, 0.1) is 7.11 Å². The summed E-state index contributed by atoms with van der Waals surface area (Å²) in [5, 5.41) is 0.126. The van der Waals surface area contributed by atoms with Gasteiger partial charge in [0.1, 0.15) is 16.8 Å². The predicted octanol–water partition coefficient (Wildman–Crippen LogP) is 0.944. The highest BCUT2D eigenvalue weighted by Crippen LogP contribution is 2.32. The average molecular weight is 392 g/mol. The zero-order valence-corrected chi connectivity index (χ0v) is 15.0. The third kappa shape index (κ3) is 3.80. The summed E-state index contributed by atoms with van der Waals surface area (Å²) in [6, 6.07) is 2.57. The molecule has 7 nitrogen and oxygen atoms in total. The van der Waals surface area contributed by atoms with Crippen LogP contribution in [-0.4, -0.2) is 39.6 Å². The van der Waals surface area contributed by atoms with Crippen molar-refractivity contribution < 1.29 is 22.3 Å². The van der Waals surface area contributed by atoms with Gasteiger partial charge in [-0.15, -0.1) is 0 Å². The van der Waals surface area contributed by atoms with Gasteiger partial charge in [-0.1, -0.05) is 11.6 Å². The highest BCUT2D eigenvalue weighted by Gasteiger charge is 2.44.